The molecule has 1 aliphatic rings. The number of hydrogen-bond acceptors (Lipinski definition) is 4. The zero-order valence-electron chi connectivity index (χ0n) is 10.5. The van der Waals surface area contributed by atoms with Crippen molar-refractivity contribution in [1.82, 2.24) is 10.2 Å². The highest BCUT2D eigenvalue weighted by atomic mass is 16.2. The highest BCUT2D eigenvalue weighted by molar-refractivity contribution is 5.37. The molecule has 0 spiro atoms. The van der Waals surface area contributed by atoms with Gasteiger partial charge in [-0.15, -0.1) is 5.10 Å². The Morgan fingerprint density at radius 2 is 2.06 bits per heavy atom. The Kier molecular flexibility index (Phi) is 4.31. The SMILES string of the molecule is Cc1ccc(N2CCC(CCCO)CC2)nn1. The molecule has 2 rings (SSSR count). The number of nitrogens with zero attached hydrogens (tertiary/aromatic N) is 3. The first-order valence-electron chi connectivity index (χ1n) is 6.45. The van der Waals surface area contributed by atoms with E-state index in [0.29, 0.717) is 6.61 Å². The second-order valence-corrected chi connectivity index (χ2v) is 4.83. The fourth-order valence-electron chi connectivity index (χ4n) is 2.39. The Bertz CT molecular complexity index is 331. The van der Waals surface area contributed by atoms with E-state index in [9.17, 15) is 0 Å². The molecule has 1 aromatic heterocycles. The number of aromatic nitrogens is 2. The normalized spacial score (nSPS) is 17.4. The van der Waals surface area contributed by atoms with Gasteiger partial charge in [0.15, 0.2) is 5.82 Å². The summed E-state index contributed by atoms with van der Waals surface area (Å²) in [6.07, 6.45) is 4.50. The van der Waals surface area contributed by atoms with E-state index in [0.717, 1.165) is 43.4 Å². The Balaban J connectivity index is 1.84. The van der Waals surface area contributed by atoms with Crippen molar-refractivity contribution in [2.75, 3.05) is 24.6 Å². The third-order valence-electron chi connectivity index (χ3n) is 3.49. The van der Waals surface area contributed by atoms with Crippen LogP contribution in [-0.2, 0) is 0 Å². The van der Waals surface area contributed by atoms with Gasteiger partial charge in [-0.3, -0.25) is 0 Å². The minimum atomic E-state index is 0.323. The van der Waals surface area contributed by atoms with Gasteiger partial charge in [0.2, 0.25) is 0 Å². The highest BCUT2D eigenvalue weighted by Crippen LogP contribution is 2.24. The summed E-state index contributed by atoms with van der Waals surface area (Å²) in [6, 6.07) is 4.07. The molecule has 1 aromatic rings. The first kappa shape index (κ1) is 12.3. The van der Waals surface area contributed by atoms with Gasteiger partial charge in [0, 0.05) is 19.7 Å². The Hall–Kier alpha value is -1.16. The summed E-state index contributed by atoms with van der Waals surface area (Å²) in [4.78, 5) is 2.31. The number of hydrogen-bond donors (Lipinski definition) is 1. The lowest BCUT2D eigenvalue weighted by Crippen LogP contribution is -2.34. The average Bonchev–Trinajstić information content (AvgIpc) is 2.38. The van der Waals surface area contributed by atoms with Crippen LogP contribution in [0.4, 0.5) is 5.82 Å². The highest BCUT2D eigenvalue weighted by Gasteiger charge is 2.19. The summed E-state index contributed by atoms with van der Waals surface area (Å²) in [6.45, 7) is 4.41. The van der Waals surface area contributed by atoms with Crippen molar-refractivity contribution in [2.24, 2.45) is 5.92 Å². The molecule has 0 unspecified atom stereocenters. The molecular formula is C13H21N3O. The van der Waals surface area contributed by atoms with Gasteiger partial charge < -0.3 is 10.0 Å². The number of aryl methyl sites for hydroxylation is 1. The van der Waals surface area contributed by atoms with Crippen LogP contribution >= 0.6 is 0 Å². The van der Waals surface area contributed by atoms with Gasteiger partial charge in [-0.25, -0.2) is 0 Å². The van der Waals surface area contributed by atoms with E-state index in [1.165, 1.54) is 12.8 Å². The van der Waals surface area contributed by atoms with Crippen LogP contribution in [0.3, 0.4) is 0 Å². The zero-order chi connectivity index (χ0) is 12.1. The lowest BCUT2D eigenvalue weighted by molar-refractivity contribution is 0.261. The Morgan fingerprint density at radius 3 is 2.65 bits per heavy atom. The van der Waals surface area contributed by atoms with Crippen molar-refractivity contribution in [3.8, 4) is 0 Å². The summed E-state index contributed by atoms with van der Waals surface area (Å²) in [5.41, 5.74) is 0.964. The maximum absolute atomic E-state index is 8.82. The van der Waals surface area contributed by atoms with Crippen molar-refractivity contribution in [1.29, 1.82) is 0 Å². The van der Waals surface area contributed by atoms with Crippen molar-refractivity contribution in [2.45, 2.75) is 32.6 Å². The molecule has 2 heterocycles. The number of anilines is 1. The summed E-state index contributed by atoms with van der Waals surface area (Å²) in [5.74, 6) is 1.77. The maximum atomic E-state index is 8.82. The van der Waals surface area contributed by atoms with Gasteiger partial charge in [-0.1, -0.05) is 0 Å². The quantitative estimate of drug-likeness (QED) is 0.864. The van der Waals surface area contributed by atoms with Crippen molar-refractivity contribution < 1.29 is 5.11 Å². The van der Waals surface area contributed by atoms with Gasteiger partial charge in [0.05, 0.1) is 5.69 Å². The lowest BCUT2D eigenvalue weighted by atomic mass is 9.92. The standard InChI is InChI=1S/C13H21N3O/c1-11-4-5-13(15-14-11)16-8-6-12(7-9-16)3-2-10-17/h4-5,12,17H,2-3,6-10H2,1H3. The Labute approximate surface area is 103 Å². The molecule has 0 radical (unpaired) electrons. The number of aliphatic hydroxyl groups excluding tert-OH is 1. The van der Waals surface area contributed by atoms with Crippen LogP contribution in [0, 0.1) is 12.8 Å². The Morgan fingerprint density at radius 1 is 1.29 bits per heavy atom. The van der Waals surface area contributed by atoms with E-state index in [2.05, 4.69) is 21.2 Å². The van der Waals surface area contributed by atoms with Gasteiger partial charge in [0.25, 0.3) is 0 Å². The second-order valence-electron chi connectivity index (χ2n) is 4.83. The summed E-state index contributed by atoms with van der Waals surface area (Å²) >= 11 is 0. The molecule has 0 saturated carbocycles. The fourth-order valence-corrected chi connectivity index (χ4v) is 2.39. The molecule has 4 heteroatoms. The predicted octanol–water partition coefficient (Wildman–Crippen LogP) is 1.77. The molecule has 0 aliphatic carbocycles. The molecule has 94 valence electrons. The van der Waals surface area contributed by atoms with Crippen molar-refractivity contribution in [3.05, 3.63) is 17.8 Å². The summed E-state index contributed by atoms with van der Waals surface area (Å²) in [7, 11) is 0. The van der Waals surface area contributed by atoms with Gasteiger partial charge in [-0.05, 0) is 50.7 Å². The lowest BCUT2D eigenvalue weighted by Gasteiger charge is -2.32. The van der Waals surface area contributed by atoms with Gasteiger partial charge >= 0.3 is 0 Å². The summed E-state index contributed by atoms with van der Waals surface area (Å²) < 4.78 is 0. The molecule has 0 atom stereocenters. The number of piperidine rings is 1. The molecule has 1 N–H and O–H groups in total. The van der Waals surface area contributed by atoms with E-state index in [1.807, 2.05) is 13.0 Å². The third-order valence-corrected chi connectivity index (χ3v) is 3.49. The molecule has 1 aliphatic heterocycles. The third kappa shape index (κ3) is 3.40. The molecule has 0 bridgehead atoms. The molecule has 0 aromatic carbocycles. The van der Waals surface area contributed by atoms with Gasteiger partial charge in [0.1, 0.15) is 0 Å². The van der Waals surface area contributed by atoms with Crippen LogP contribution in [0.15, 0.2) is 12.1 Å². The number of rotatable bonds is 4. The molecule has 1 fully saturated rings. The van der Waals surface area contributed by atoms with Crippen molar-refractivity contribution >= 4 is 5.82 Å². The molecular weight excluding hydrogens is 214 g/mol. The van der Waals surface area contributed by atoms with Crippen LogP contribution in [0.25, 0.3) is 0 Å². The fraction of sp³-hybridized carbons (Fsp3) is 0.692. The van der Waals surface area contributed by atoms with Gasteiger partial charge in [-0.2, -0.15) is 5.10 Å². The average molecular weight is 235 g/mol. The monoisotopic (exact) mass is 235 g/mol. The van der Waals surface area contributed by atoms with Crippen LogP contribution in [0.1, 0.15) is 31.4 Å². The molecule has 1 saturated heterocycles. The van der Waals surface area contributed by atoms with E-state index < -0.39 is 0 Å². The molecule has 4 nitrogen and oxygen atoms in total. The zero-order valence-corrected chi connectivity index (χ0v) is 10.5. The largest absolute Gasteiger partial charge is 0.396 e. The van der Waals surface area contributed by atoms with Crippen molar-refractivity contribution in [3.63, 3.8) is 0 Å². The maximum Gasteiger partial charge on any atom is 0.151 e. The van der Waals surface area contributed by atoms with Crippen LogP contribution < -0.4 is 4.90 Å². The smallest absolute Gasteiger partial charge is 0.151 e. The van der Waals surface area contributed by atoms with E-state index in [4.69, 9.17) is 5.11 Å². The van der Waals surface area contributed by atoms with E-state index in [-0.39, 0.29) is 0 Å². The topological polar surface area (TPSA) is 49.2 Å². The van der Waals surface area contributed by atoms with Crippen LogP contribution in [0.2, 0.25) is 0 Å². The minimum absolute atomic E-state index is 0.323. The molecule has 17 heavy (non-hydrogen) atoms. The molecule has 0 amide bonds. The number of aliphatic hydroxyl groups is 1. The predicted molar refractivity (Wildman–Crippen MR) is 68.0 cm³/mol. The second kappa shape index (κ2) is 5.96. The van der Waals surface area contributed by atoms with E-state index >= 15 is 0 Å². The van der Waals surface area contributed by atoms with Crippen LogP contribution in [-0.4, -0.2) is 35.0 Å². The van der Waals surface area contributed by atoms with Crippen LogP contribution in [0.5, 0.6) is 0 Å². The van der Waals surface area contributed by atoms with E-state index in [1.54, 1.807) is 0 Å². The first-order chi connectivity index (χ1) is 8.29. The summed E-state index contributed by atoms with van der Waals surface area (Å²) in [5, 5.41) is 17.1. The minimum Gasteiger partial charge on any atom is -0.396 e. The first-order valence-corrected chi connectivity index (χ1v) is 6.45.